The molecule has 0 radical (unpaired) electrons. The van der Waals surface area contributed by atoms with Crippen molar-refractivity contribution in [3.8, 4) is 23.7 Å². The van der Waals surface area contributed by atoms with Crippen LogP contribution in [0.15, 0.2) is 36.4 Å². The van der Waals surface area contributed by atoms with Crippen molar-refractivity contribution in [2.24, 2.45) is 0 Å². The molecule has 2 fully saturated rings. The molecule has 2 atom stereocenters. The summed E-state index contributed by atoms with van der Waals surface area (Å²) in [6.45, 7) is 12.8. The summed E-state index contributed by atoms with van der Waals surface area (Å²) in [5, 5.41) is 0. The number of hydrogen-bond acceptors (Lipinski definition) is 14. The van der Waals surface area contributed by atoms with Crippen LogP contribution in [0.4, 0.5) is 9.59 Å². The van der Waals surface area contributed by atoms with Gasteiger partial charge >= 0.3 is 12.2 Å². The monoisotopic (exact) mass is 938 g/mol. The molecule has 0 aromatic heterocycles. The summed E-state index contributed by atoms with van der Waals surface area (Å²) in [6, 6.07) is 8.43. The molecule has 8 amide bonds. The summed E-state index contributed by atoms with van der Waals surface area (Å²) in [5.41, 5.74) is 1.67. The summed E-state index contributed by atoms with van der Waals surface area (Å²) in [6.07, 6.45) is -0.801. The van der Waals surface area contributed by atoms with E-state index in [2.05, 4.69) is 23.7 Å². The second kappa shape index (κ2) is 22.6. The zero-order valence-corrected chi connectivity index (χ0v) is 39.4. The molecule has 0 aliphatic carbocycles. The Morgan fingerprint density at radius 1 is 0.574 bits per heavy atom. The van der Waals surface area contributed by atoms with Gasteiger partial charge in [-0.15, -0.1) is 0 Å². The minimum atomic E-state index is -1.05. The Balaban J connectivity index is 0.819. The Bertz CT molecular complexity index is 2260. The Morgan fingerprint density at radius 2 is 0.985 bits per heavy atom. The second-order valence-electron chi connectivity index (χ2n) is 18.3. The van der Waals surface area contributed by atoms with Crippen LogP contribution in [0.3, 0.4) is 0 Å². The van der Waals surface area contributed by atoms with Gasteiger partial charge < -0.3 is 38.2 Å². The molecule has 6 rings (SSSR count). The van der Waals surface area contributed by atoms with E-state index in [1.165, 1.54) is 9.80 Å². The first-order valence-corrected chi connectivity index (χ1v) is 22.7. The highest BCUT2D eigenvalue weighted by molar-refractivity contribution is 6.14. The minimum absolute atomic E-state index is 0.0720. The van der Waals surface area contributed by atoms with Crippen molar-refractivity contribution in [1.29, 1.82) is 0 Å². The molecular weight excluding hydrogens is 881 g/mol. The SMILES string of the molecule is CC(C)(C)OC(=O)N1C(=O)CCC(N2Cc3c(C#CCCCOCCOCCOCCOCC#Cc4cccc5c4CN(C4CCC(=O)N(C(=O)OC(C)(C)C)C4=O)C5=O)cccc3C2=O)C1=O. The number of nitrogens with zero attached hydrogens (tertiary/aromatic N) is 4. The molecule has 0 bridgehead atoms. The fraction of sp³-hybridized carbons (Fsp3) is 0.520. The van der Waals surface area contributed by atoms with E-state index in [9.17, 15) is 38.4 Å². The molecule has 2 saturated heterocycles. The van der Waals surface area contributed by atoms with Crippen molar-refractivity contribution in [1.82, 2.24) is 19.6 Å². The second-order valence-corrected chi connectivity index (χ2v) is 18.3. The number of likely N-dealkylation sites (tertiary alicyclic amines) is 2. The standard InChI is InChI=1S/C50H58N4O14/c1-49(2,3)67-47(61)53-41(55)21-19-39(45(53)59)51-31-37-33(14-10-17-35(37)43(51)57)13-8-7-9-23-63-25-27-65-29-30-66-28-26-64-24-12-16-34-15-11-18-36-38(34)32-52(44(36)58)40-20-22-42(56)54(46(40)60)48(62)68-50(4,5)6/h10-11,14-15,17-18,39-40H,7,9,19-32H2,1-6H3. The van der Waals surface area contributed by atoms with Crippen LogP contribution in [0, 0.1) is 23.7 Å². The fourth-order valence-corrected chi connectivity index (χ4v) is 7.89. The first kappa shape index (κ1) is 51.0. The lowest BCUT2D eigenvalue weighted by atomic mass is 10.0. The zero-order chi connectivity index (χ0) is 49.2. The maximum atomic E-state index is 13.4. The van der Waals surface area contributed by atoms with Crippen LogP contribution in [-0.4, -0.2) is 143 Å². The molecule has 0 N–H and O–H groups in total. The zero-order valence-electron chi connectivity index (χ0n) is 39.4. The van der Waals surface area contributed by atoms with Crippen molar-refractivity contribution < 1.29 is 66.8 Å². The molecule has 4 aliphatic rings. The molecule has 2 unspecified atom stereocenters. The van der Waals surface area contributed by atoms with Crippen LogP contribution in [0.2, 0.25) is 0 Å². The van der Waals surface area contributed by atoms with E-state index in [1.807, 2.05) is 6.07 Å². The lowest BCUT2D eigenvalue weighted by molar-refractivity contribution is -0.152. The van der Waals surface area contributed by atoms with Gasteiger partial charge in [0.05, 0.1) is 39.6 Å². The molecule has 4 aliphatic heterocycles. The van der Waals surface area contributed by atoms with E-state index in [-0.39, 0.29) is 57.2 Å². The molecule has 18 nitrogen and oxygen atoms in total. The number of imide groups is 6. The molecule has 4 heterocycles. The summed E-state index contributed by atoms with van der Waals surface area (Å²) >= 11 is 0. The smallest absolute Gasteiger partial charge is 0.424 e. The van der Waals surface area contributed by atoms with E-state index in [0.29, 0.717) is 102 Å². The van der Waals surface area contributed by atoms with Gasteiger partial charge in [0.25, 0.3) is 23.6 Å². The summed E-state index contributed by atoms with van der Waals surface area (Å²) in [4.78, 5) is 108. The van der Waals surface area contributed by atoms with Crippen molar-refractivity contribution in [3.63, 3.8) is 0 Å². The Morgan fingerprint density at radius 3 is 1.43 bits per heavy atom. The third-order valence-electron chi connectivity index (χ3n) is 11.0. The Kier molecular flexibility index (Phi) is 16.9. The first-order valence-electron chi connectivity index (χ1n) is 22.7. The molecule has 68 heavy (non-hydrogen) atoms. The predicted molar refractivity (Wildman–Crippen MR) is 241 cm³/mol. The number of rotatable bonds is 15. The third-order valence-corrected chi connectivity index (χ3v) is 11.0. The lowest BCUT2D eigenvalue weighted by Gasteiger charge is -2.35. The molecule has 362 valence electrons. The number of unbranched alkanes of at least 4 members (excludes halogenated alkanes) is 1. The van der Waals surface area contributed by atoms with E-state index in [1.54, 1.807) is 71.9 Å². The molecule has 2 aromatic rings. The summed E-state index contributed by atoms with van der Waals surface area (Å²) < 4.78 is 33.0. The molecular formula is C50H58N4O14. The van der Waals surface area contributed by atoms with Crippen LogP contribution in [0.25, 0.3) is 0 Å². The Hall–Kier alpha value is -6.44. The predicted octanol–water partition coefficient (Wildman–Crippen LogP) is 4.75. The topological polar surface area (TPSA) is 205 Å². The van der Waals surface area contributed by atoms with Crippen molar-refractivity contribution in [3.05, 3.63) is 69.8 Å². The van der Waals surface area contributed by atoms with Crippen LogP contribution in [0.1, 0.15) is 123 Å². The summed E-state index contributed by atoms with van der Waals surface area (Å²) in [7, 11) is 0. The lowest BCUT2D eigenvalue weighted by Crippen LogP contribution is -2.57. The third kappa shape index (κ3) is 12.8. The van der Waals surface area contributed by atoms with E-state index in [0.717, 1.165) is 0 Å². The van der Waals surface area contributed by atoms with Crippen LogP contribution in [-0.2, 0) is 60.7 Å². The van der Waals surface area contributed by atoms with Gasteiger partial charge in [-0.2, -0.15) is 9.80 Å². The number of piperidine rings is 2. The van der Waals surface area contributed by atoms with Crippen LogP contribution in [0.5, 0.6) is 0 Å². The largest absolute Gasteiger partial charge is 0.443 e. The molecule has 0 spiro atoms. The number of benzene rings is 2. The van der Waals surface area contributed by atoms with Gasteiger partial charge in [-0.3, -0.25) is 28.8 Å². The number of ether oxygens (including phenoxy) is 6. The van der Waals surface area contributed by atoms with Gasteiger partial charge in [0.2, 0.25) is 11.8 Å². The van der Waals surface area contributed by atoms with Gasteiger partial charge in [0, 0.05) is 61.2 Å². The number of carbonyl (C=O) groups excluding carboxylic acids is 8. The average Bonchev–Trinajstić information content (AvgIpc) is 3.78. The normalized spacial score (nSPS) is 18.3. The minimum Gasteiger partial charge on any atom is -0.443 e. The number of hydrogen-bond donors (Lipinski definition) is 0. The molecule has 18 heteroatoms. The van der Waals surface area contributed by atoms with Gasteiger partial charge in [0.1, 0.15) is 29.9 Å². The molecule has 2 aromatic carbocycles. The molecule has 0 saturated carbocycles. The quantitative estimate of drug-likeness (QED) is 0.134. The highest BCUT2D eigenvalue weighted by Crippen LogP contribution is 2.33. The Labute approximate surface area is 395 Å². The van der Waals surface area contributed by atoms with Crippen molar-refractivity contribution >= 4 is 47.6 Å². The number of amides is 8. The first-order chi connectivity index (χ1) is 32.4. The number of fused-ring (bicyclic) bond motifs is 2. The van der Waals surface area contributed by atoms with Crippen LogP contribution < -0.4 is 0 Å². The average molecular weight is 939 g/mol. The van der Waals surface area contributed by atoms with E-state index in [4.69, 9.17) is 28.4 Å². The van der Waals surface area contributed by atoms with Gasteiger partial charge in [-0.1, -0.05) is 35.8 Å². The van der Waals surface area contributed by atoms with Gasteiger partial charge in [0.15, 0.2) is 0 Å². The maximum absolute atomic E-state index is 13.4. The number of carbonyl (C=O) groups is 8. The highest BCUT2D eigenvalue weighted by Gasteiger charge is 2.48. The maximum Gasteiger partial charge on any atom is 0.424 e. The van der Waals surface area contributed by atoms with Gasteiger partial charge in [-0.25, -0.2) is 9.59 Å². The van der Waals surface area contributed by atoms with E-state index >= 15 is 0 Å². The highest BCUT2D eigenvalue weighted by atomic mass is 16.6. The summed E-state index contributed by atoms with van der Waals surface area (Å²) in [5.74, 6) is 8.70. The fourth-order valence-electron chi connectivity index (χ4n) is 7.89. The van der Waals surface area contributed by atoms with Gasteiger partial charge in [-0.05, 0) is 96.2 Å². The van der Waals surface area contributed by atoms with E-state index < -0.39 is 59.1 Å². The van der Waals surface area contributed by atoms with Crippen molar-refractivity contribution in [2.45, 2.75) is 116 Å². The van der Waals surface area contributed by atoms with Crippen LogP contribution >= 0.6 is 0 Å². The van der Waals surface area contributed by atoms with Crippen molar-refractivity contribution in [2.75, 3.05) is 52.9 Å².